The van der Waals surface area contributed by atoms with Crippen LogP contribution in [0.2, 0.25) is 0 Å². The second kappa shape index (κ2) is 11.0. The fraction of sp³-hybridized carbons (Fsp3) is 0.583. The summed E-state index contributed by atoms with van der Waals surface area (Å²) < 4.78 is 20.9. The minimum absolute atomic E-state index is 0.162. The van der Waals surface area contributed by atoms with Gasteiger partial charge in [0.15, 0.2) is 0 Å². The molecule has 1 fully saturated rings. The highest BCUT2D eigenvalue weighted by Gasteiger charge is 2.24. The van der Waals surface area contributed by atoms with Gasteiger partial charge in [-0.05, 0) is 50.7 Å². The quantitative estimate of drug-likeness (QED) is 0.475. The van der Waals surface area contributed by atoms with E-state index in [0.717, 1.165) is 37.8 Å². The van der Waals surface area contributed by atoms with Crippen molar-refractivity contribution >= 4 is 17.3 Å². The van der Waals surface area contributed by atoms with Crippen molar-refractivity contribution in [3.05, 3.63) is 50.8 Å². The number of hydrogen-bond donors (Lipinski definition) is 1. The summed E-state index contributed by atoms with van der Waals surface area (Å²) in [6, 6.07) is 0.185. The number of anilines is 1. The van der Waals surface area contributed by atoms with Crippen LogP contribution in [0.3, 0.4) is 0 Å². The number of nitrogens with zero attached hydrogens (tertiary/aromatic N) is 2. The van der Waals surface area contributed by atoms with Crippen LogP contribution in [0.25, 0.3) is 0 Å². The number of hydrogen-bond acceptors (Lipinski definition) is 4. The van der Waals surface area contributed by atoms with Crippen LogP contribution in [0, 0.1) is 12.8 Å². The first-order chi connectivity index (χ1) is 14.9. The standard InChI is InChI=1S/C24H33ClFN3O2/c1-4-6-11-20(17-9-7-8-10-17)28-22-16(3)27-24(29(14-5-2)23(22)30)31-21-13-12-18(26)15-19(21)25/h11,13,15,17-18,28H,4-10,12,14H2,1-3H3. The summed E-state index contributed by atoms with van der Waals surface area (Å²) in [7, 11) is 0. The molecular formula is C24H33ClFN3O2. The SMILES string of the molecule is CCCC=C(Nc1c(C)nc(OC2=CCC(F)C=C2Cl)n(CCC)c1=O)C1CCCC1. The molecule has 1 aromatic rings. The van der Waals surface area contributed by atoms with E-state index in [1.165, 1.54) is 23.5 Å². The van der Waals surface area contributed by atoms with Gasteiger partial charge in [-0.25, -0.2) is 4.39 Å². The van der Waals surface area contributed by atoms with E-state index in [1.54, 1.807) is 6.08 Å². The van der Waals surface area contributed by atoms with E-state index in [4.69, 9.17) is 16.3 Å². The molecule has 0 radical (unpaired) electrons. The van der Waals surface area contributed by atoms with Crippen LogP contribution in [-0.4, -0.2) is 15.7 Å². The van der Waals surface area contributed by atoms with Crippen molar-refractivity contribution in [2.24, 2.45) is 5.92 Å². The first-order valence-corrected chi connectivity index (χ1v) is 11.8. The molecule has 7 heteroatoms. The predicted molar refractivity (Wildman–Crippen MR) is 124 cm³/mol. The highest BCUT2D eigenvalue weighted by Crippen LogP contribution is 2.32. The Bertz CT molecular complexity index is 929. The summed E-state index contributed by atoms with van der Waals surface area (Å²) in [5, 5.41) is 3.64. The van der Waals surface area contributed by atoms with Crippen LogP contribution in [0.4, 0.5) is 10.1 Å². The topological polar surface area (TPSA) is 56.2 Å². The summed E-state index contributed by atoms with van der Waals surface area (Å²) >= 11 is 6.15. The number of alkyl halides is 1. The van der Waals surface area contributed by atoms with E-state index < -0.39 is 6.17 Å². The molecule has 0 amide bonds. The summed E-state index contributed by atoms with van der Waals surface area (Å²) in [6.07, 6.45) is 11.7. The maximum Gasteiger partial charge on any atom is 0.305 e. The number of allylic oxidation sites excluding steroid dienone is 5. The minimum Gasteiger partial charge on any atom is -0.424 e. The van der Waals surface area contributed by atoms with E-state index in [2.05, 4.69) is 23.3 Å². The predicted octanol–water partition coefficient (Wildman–Crippen LogP) is 6.38. The van der Waals surface area contributed by atoms with Gasteiger partial charge in [0.25, 0.3) is 5.56 Å². The zero-order valence-corrected chi connectivity index (χ0v) is 19.5. The lowest BCUT2D eigenvalue weighted by Gasteiger charge is -2.21. The average molecular weight is 450 g/mol. The fourth-order valence-electron chi connectivity index (χ4n) is 4.09. The van der Waals surface area contributed by atoms with Crippen LogP contribution < -0.4 is 15.6 Å². The Morgan fingerprint density at radius 1 is 1.35 bits per heavy atom. The molecule has 5 nitrogen and oxygen atoms in total. The van der Waals surface area contributed by atoms with E-state index in [9.17, 15) is 9.18 Å². The molecule has 1 saturated carbocycles. The lowest BCUT2D eigenvalue weighted by molar-refractivity contribution is 0.346. The summed E-state index contributed by atoms with van der Waals surface area (Å²) in [4.78, 5) is 18.0. The van der Waals surface area contributed by atoms with Gasteiger partial charge < -0.3 is 10.1 Å². The van der Waals surface area contributed by atoms with Crippen molar-refractivity contribution in [1.29, 1.82) is 0 Å². The third-order valence-electron chi connectivity index (χ3n) is 5.77. The van der Waals surface area contributed by atoms with Crippen molar-refractivity contribution in [1.82, 2.24) is 9.55 Å². The van der Waals surface area contributed by atoms with Crippen molar-refractivity contribution in [3.63, 3.8) is 0 Å². The van der Waals surface area contributed by atoms with Crippen LogP contribution in [-0.2, 0) is 6.54 Å². The average Bonchev–Trinajstić information content (AvgIpc) is 3.27. The molecule has 0 aromatic carbocycles. The molecule has 31 heavy (non-hydrogen) atoms. The fourth-order valence-corrected chi connectivity index (χ4v) is 4.35. The van der Waals surface area contributed by atoms with Gasteiger partial charge >= 0.3 is 6.01 Å². The second-order valence-electron chi connectivity index (χ2n) is 8.30. The number of unbranched alkanes of at least 4 members (excludes halogenated alkanes) is 1. The van der Waals surface area contributed by atoms with E-state index in [-0.39, 0.29) is 23.0 Å². The maximum absolute atomic E-state index is 13.5. The third kappa shape index (κ3) is 5.79. The number of halogens is 2. The Hall–Kier alpha value is -2.08. The molecule has 2 aliphatic carbocycles. The van der Waals surface area contributed by atoms with Gasteiger partial charge in [0.2, 0.25) is 0 Å². The smallest absolute Gasteiger partial charge is 0.305 e. The van der Waals surface area contributed by atoms with E-state index in [0.29, 0.717) is 29.6 Å². The van der Waals surface area contributed by atoms with Gasteiger partial charge in [0.05, 0.1) is 10.7 Å². The maximum atomic E-state index is 13.5. The molecule has 0 aliphatic heterocycles. The van der Waals surface area contributed by atoms with Gasteiger partial charge in [0.1, 0.15) is 17.6 Å². The Balaban J connectivity index is 1.94. The Kier molecular flexibility index (Phi) is 8.35. The molecule has 0 spiro atoms. The molecule has 170 valence electrons. The largest absolute Gasteiger partial charge is 0.424 e. The number of aromatic nitrogens is 2. The Morgan fingerprint density at radius 3 is 2.74 bits per heavy atom. The lowest BCUT2D eigenvalue weighted by Crippen LogP contribution is -2.28. The number of ether oxygens (including phenoxy) is 1. The van der Waals surface area contributed by atoms with Crippen LogP contribution in [0.5, 0.6) is 6.01 Å². The van der Waals surface area contributed by atoms with Crippen molar-refractivity contribution in [2.75, 3.05) is 5.32 Å². The van der Waals surface area contributed by atoms with Gasteiger partial charge in [0, 0.05) is 18.7 Å². The van der Waals surface area contributed by atoms with Crippen LogP contribution >= 0.6 is 11.6 Å². The molecule has 1 atom stereocenters. The Labute approximate surface area is 189 Å². The van der Waals surface area contributed by atoms with E-state index in [1.807, 2.05) is 13.8 Å². The van der Waals surface area contributed by atoms with Crippen LogP contribution in [0.15, 0.2) is 39.5 Å². The number of rotatable bonds is 9. The van der Waals surface area contributed by atoms with Crippen LogP contribution in [0.1, 0.15) is 70.9 Å². The molecule has 0 saturated heterocycles. The first-order valence-electron chi connectivity index (χ1n) is 11.4. The highest BCUT2D eigenvalue weighted by molar-refractivity contribution is 6.31. The van der Waals surface area contributed by atoms with Gasteiger partial charge in [-0.2, -0.15) is 4.98 Å². The highest BCUT2D eigenvalue weighted by atomic mass is 35.5. The summed E-state index contributed by atoms with van der Waals surface area (Å²) in [5.41, 5.74) is 2.04. The molecule has 0 bridgehead atoms. The minimum atomic E-state index is -1.12. The number of nitrogens with one attached hydrogen (secondary N) is 1. The lowest BCUT2D eigenvalue weighted by atomic mass is 10.0. The number of aryl methyl sites for hydroxylation is 1. The molecule has 1 unspecified atom stereocenters. The summed E-state index contributed by atoms with van der Waals surface area (Å²) in [5.74, 6) is 0.799. The molecule has 3 rings (SSSR count). The zero-order chi connectivity index (χ0) is 22.4. The molecule has 2 aliphatic rings. The molecule has 1 aromatic heterocycles. The zero-order valence-electron chi connectivity index (χ0n) is 18.7. The summed E-state index contributed by atoms with van der Waals surface area (Å²) in [6.45, 7) is 6.42. The van der Waals surface area contributed by atoms with Crippen molar-refractivity contribution < 1.29 is 9.13 Å². The van der Waals surface area contributed by atoms with Crippen molar-refractivity contribution in [3.8, 4) is 6.01 Å². The van der Waals surface area contributed by atoms with Gasteiger partial charge in [-0.15, -0.1) is 0 Å². The third-order valence-corrected chi connectivity index (χ3v) is 6.08. The molecular weight excluding hydrogens is 417 g/mol. The van der Waals surface area contributed by atoms with Crippen molar-refractivity contribution in [2.45, 2.75) is 84.9 Å². The monoisotopic (exact) mass is 449 g/mol. The Morgan fingerprint density at radius 2 is 2.10 bits per heavy atom. The normalized spacial score (nSPS) is 19.9. The van der Waals surface area contributed by atoms with E-state index >= 15 is 0 Å². The molecule has 1 N–H and O–H groups in total. The second-order valence-corrected chi connectivity index (χ2v) is 8.71. The van der Waals surface area contributed by atoms with Gasteiger partial charge in [-0.3, -0.25) is 9.36 Å². The first kappa shape index (κ1) is 23.6. The van der Waals surface area contributed by atoms with Gasteiger partial charge in [-0.1, -0.05) is 50.8 Å². The molecule has 1 heterocycles.